The molecule has 0 saturated heterocycles. The van der Waals surface area contributed by atoms with Crippen LogP contribution < -0.4 is 5.32 Å². The molecule has 5 nitrogen and oxygen atoms in total. The minimum Gasteiger partial charge on any atom is -0.383 e. The molecule has 0 aliphatic rings. The second-order valence-corrected chi connectivity index (χ2v) is 4.24. The molecule has 0 bridgehead atoms. The number of imidazole rings is 1. The molecule has 0 fully saturated rings. The molecule has 1 rings (SSSR count). The lowest BCUT2D eigenvalue weighted by molar-refractivity contribution is 0.129. The van der Waals surface area contributed by atoms with E-state index in [2.05, 4.69) is 28.0 Å². The van der Waals surface area contributed by atoms with Gasteiger partial charge in [-0.25, -0.2) is 4.98 Å². The Balaban J connectivity index is 2.10. The fourth-order valence-electron chi connectivity index (χ4n) is 1.61. The maximum Gasteiger partial charge on any atom is 0.0949 e. The van der Waals surface area contributed by atoms with Crippen LogP contribution in [0.4, 0.5) is 0 Å². The molecule has 1 aromatic rings. The first-order valence-corrected chi connectivity index (χ1v) is 6.65. The van der Waals surface area contributed by atoms with Crippen LogP contribution in [-0.2, 0) is 22.6 Å². The molecule has 1 N–H and O–H groups in total. The van der Waals surface area contributed by atoms with Gasteiger partial charge in [-0.15, -0.1) is 0 Å². The van der Waals surface area contributed by atoms with Crippen LogP contribution in [0.15, 0.2) is 12.5 Å². The lowest BCUT2D eigenvalue weighted by Crippen LogP contribution is -2.18. The molecule has 0 unspecified atom stereocenters. The summed E-state index contributed by atoms with van der Waals surface area (Å²) in [5.74, 6) is 0. The molecular formula is C13H25N3O2. The van der Waals surface area contributed by atoms with Crippen molar-refractivity contribution in [2.45, 2.75) is 32.9 Å². The molecular weight excluding hydrogens is 230 g/mol. The third-order valence-electron chi connectivity index (χ3n) is 2.53. The lowest BCUT2D eigenvalue weighted by atomic mass is 10.4. The summed E-state index contributed by atoms with van der Waals surface area (Å²) < 4.78 is 12.5. The number of ether oxygens (including phenoxy) is 2. The van der Waals surface area contributed by atoms with Crippen LogP contribution in [0, 0.1) is 0 Å². The normalized spacial score (nSPS) is 11.0. The van der Waals surface area contributed by atoms with Crippen molar-refractivity contribution in [3.63, 3.8) is 0 Å². The van der Waals surface area contributed by atoms with E-state index in [9.17, 15) is 0 Å². The Kier molecular flexibility index (Phi) is 8.46. The largest absolute Gasteiger partial charge is 0.383 e. The Morgan fingerprint density at radius 2 is 2.22 bits per heavy atom. The van der Waals surface area contributed by atoms with Gasteiger partial charge in [-0.2, -0.15) is 0 Å². The molecule has 0 atom stereocenters. The molecule has 18 heavy (non-hydrogen) atoms. The summed E-state index contributed by atoms with van der Waals surface area (Å²) in [5, 5.41) is 3.27. The molecule has 0 radical (unpaired) electrons. The van der Waals surface area contributed by atoms with Gasteiger partial charge in [-0.05, 0) is 12.8 Å². The number of aryl methyl sites for hydroxylation is 1. The van der Waals surface area contributed by atoms with Crippen LogP contribution in [0.25, 0.3) is 0 Å². The number of methoxy groups -OCH3 is 1. The SMILES string of the molecule is CCCOCCCn1cnc(CNCCOC)c1. The van der Waals surface area contributed by atoms with Crippen molar-refractivity contribution < 1.29 is 9.47 Å². The van der Waals surface area contributed by atoms with Crippen LogP contribution in [0.1, 0.15) is 25.5 Å². The van der Waals surface area contributed by atoms with E-state index in [1.807, 2.05) is 6.33 Å². The van der Waals surface area contributed by atoms with Gasteiger partial charge >= 0.3 is 0 Å². The predicted octanol–water partition coefficient (Wildman–Crippen LogP) is 1.44. The summed E-state index contributed by atoms with van der Waals surface area (Å²) in [4.78, 5) is 4.35. The van der Waals surface area contributed by atoms with Gasteiger partial charge in [0.2, 0.25) is 0 Å². The highest BCUT2D eigenvalue weighted by molar-refractivity contribution is 4.95. The fourth-order valence-corrected chi connectivity index (χ4v) is 1.61. The highest BCUT2D eigenvalue weighted by atomic mass is 16.5. The third-order valence-corrected chi connectivity index (χ3v) is 2.53. The molecule has 1 aromatic heterocycles. The maximum absolute atomic E-state index is 5.44. The Labute approximate surface area is 109 Å². The monoisotopic (exact) mass is 255 g/mol. The number of aromatic nitrogens is 2. The molecule has 0 spiro atoms. The van der Waals surface area contributed by atoms with Crippen molar-refractivity contribution in [1.29, 1.82) is 0 Å². The minimum absolute atomic E-state index is 0.732. The summed E-state index contributed by atoms with van der Waals surface area (Å²) in [6.07, 6.45) is 6.09. The van der Waals surface area contributed by atoms with Crippen LogP contribution in [0.5, 0.6) is 0 Å². The van der Waals surface area contributed by atoms with Crippen LogP contribution in [-0.4, -0.2) is 43.0 Å². The third kappa shape index (κ3) is 6.74. The van der Waals surface area contributed by atoms with Crippen molar-refractivity contribution in [2.75, 3.05) is 33.5 Å². The first-order valence-electron chi connectivity index (χ1n) is 6.65. The fraction of sp³-hybridized carbons (Fsp3) is 0.769. The summed E-state index contributed by atoms with van der Waals surface area (Å²) in [6.45, 7) is 7.16. The van der Waals surface area contributed by atoms with Crippen molar-refractivity contribution >= 4 is 0 Å². The van der Waals surface area contributed by atoms with E-state index in [0.29, 0.717) is 0 Å². The average Bonchev–Trinajstić information content (AvgIpc) is 2.82. The summed E-state index contributed by atoms with van der Waals surface area (Å²) in [7, 11) is 1.71. The highest BCUT2D eigenvalue weighted by Gasteiger charge is 1.98. The number of nitrogens with one attached hydrogen (secondary N) is 1. The molecule has 0 aromatic carbocycles. The van der Waals surface area contributed by atoms with Crippen LogP contribution in [0.2, 0.25) is 0 Å². The van der Waals surface area contributed by atoms with E-state index in [1.165, 1.54) is 0 Å². The van der Waals surface area contributed by atoms with Gasteiger partial charge in [0.25, 0.3) is 0 Å². The zero-order valence-electron chi connectivity index (χ0n) is 11.5. The standard InChI is InChI=1S/C13H25N3O2/c1-3-7-18-8-4-6-16-11-13(15-12-16)10-14-5-9-17-2/h11-12,14H,3-10H2,1-2H3. The lowest BCUT2D eigenvalue weighted by Gasteiger charge is -2.03. The highest BCUT2D eigenvalue weighted by Crippen LogP contribution is 1.98. The number of hydrogen-bond donors (Lipinski definition) is 1. The summed E-state index contributed by atoms with van der Waals surface area (Å²) in [6, 6.07) is 0. The molecule has 104 valence electrons. The van der Waals surface area contributed by atoms with Gasteiger partial charge in [0.1, 0.15) is 0 Å². The number of rotatable bonds is 11. The van der Waals surface area contributed by atoms with Gasteiger partial charge in [0.05, 0.1) is 18.6 Å². The van der Waals surface area contributed by atoms with E-state index in [1.54, 1.807) is 7.11 Å². The van der Waals surface area contributed by atoms with Crippen molar-refractivity contribution in [2.24, 2.45) is 0 Å². The van der Waals surface area contributed by atoms with E-state index < -0.39 is 0 Å². The first-order chi connectivity index (χ1) is 8.86. The Morgan fingerprint density at radius 3 is 3.00 bits per heavy atom. The first kappa shape index (κ1) is 15.1. The zero-order valence-corrected chi connectivity index (χ0v) is 11.5. The second-order valence-electron chi connectivity index (χ2n) is 4.24. The average molecular weight is 255 g/mol. The summed E-state index contributed by atoms with van der Waals surface area (Å²) >= 11 is 0. The van der Waals surface area contributed by atoms with Crippen molar-refractivity contribution in [1.82, 2.24) is 14.9 Å². The van der Waals surface area contributed by atoms with Gasteiger partial charge in [-0.3, -0.25) is 0 Å². The predicted molar refractivity (Wildman–Crippen MR) is 71.5 cm³/mol. The number of hydrogen-bond acceptors (Lipinski definition) is 4. The van der Waals surface area contributed by atoms with Gasteiger partial charge < -0.3 is 19.4 Å². The Hall–Kier alpha value is -0.910. The van der Waals surface area contributed by atoms with Crippen LogP contribution >= 0.6 is 0 Å². The second kappa shape index (κ2) is 10.1. The molecule has 5 heteroatoms. The number of nitrogens with zero attached hydrogens (tertiary/aromatic N) is 2. The van der Waals surface area contributed by atoms with E-state index in [0.717, 1.165) is 58.0 Å². The van der Waals surface area contributed by atoms with Gasteiger partial charge in [0, 0.05) is 46.2 Å². The molecule has 0 aliphatic heterocycles. The Morgan fingerprint density at radius 1 is 1.33 bits per heavy atom. The zero-order chi connectivity index (χ0) is 13.1. The molecule has 0 amide bonds. The minimum atomic E-state index is 0.732. The van der Waals surface area contributed by atoms with E-state index in [-0.39, 0.29) is 0 Å². The van der Waals surface area contributed by atoms with Crippen LogP contribution in [0.3, 0.4) is 0 Å². The smallest absolute Gasteiger partial charge is 0.0949 e. The quantitative estimate of drug-likeness (QED) is 0.608. The summed E-state index contributed by atoms with van der Waals surface area (Å²) in [5.41, 5.74) is 1.07. The Bertz CT molecular complexity index is 302. The topological polar surface area (TPSA) is 48.3 Å². The van der Waals surface area contributed by atoms with E-state index >= 15 is 0 Å². The van der Waals surface area contributed by atoms with Crippen molar-refractivity contribution in [3.05, 3.63) is 18.2 Å². The van der Waals surface area contributed by atoms with Crippen molar-refractivity contribution in [3.8, 4) is 0 Å². The maximum atomic E-state index is 5.44. The molecule has 0 aliphatic carbocycles. The van der Waals surface area contributed by atoms with Gasteiger partial charge in [0.15, 0.2) is 0 Å². The molecule has 1 heterocycles. The molecule has 0 saturated carbocycles. The van der Waals surface area contributed by atoms with Gasteiger partial charge in [-0.1, -0.05) is 6.92 Å². The van der Waals surface area contributed by atoms with E-state index in [4.69, 9.17) is 9.47 Å².